The number of hydrogen-bond acceptors (Lipinski definition) is 7. The fourth-order valence-corrected chi connectivity index (χ4v) is 6.10. The molecule has 1 fully saturated rings. The Morgan fingerprint density at radius 2 is 1.75 bits per heavy atom. The molecule has 1 saturated carbocycles. The van der Waals surface area contributed by atoms with E-state index in [0.717, 1.165) is 51.9 Å². The van der Waals surface area contributed by atoms with Crippen LogP contribution in [0.1, 0.15) is 30.0 Å². The normalized spacial score (nSPS) is 17.0. The molecule has 2 heterocycles. The standard InChI is InChI=1S/C31H30N4O4S/c1-21-10-12-27(13-11-21)40(36,37)39-19-23-14-25(15-23)35-17-28(29-30(32)33-20-34-31(29)35)24-8-5-9-26(16-24)38-18-22-6-3-2-4-7-22/h2-13,16-17,20,23,25H,14-15,18-19H2,1H3,(H2,32,33,34). The maximum Gasteiger partial charge on any atom is 0.296 e. The van der Waals surface area contributed by atoms with Gasteiger partial charge in [0.2, 0.25) is 0 Å². The van der Waals surface area contributed by atoms with E-state index in [4.69, 9.17) is 14.7 Å². The van der Waals surface area contributed by atoms with Crippen molar-refractivity contribution >= 4 is 27.0 Å². The predicted octanol–water partition coefficient (Wildman–Crippen LogP) is 5.92. The van der Waals surface area contributed by atoms with Crippen LogP contribution in [0.5, 0.6) is 5.75 Å². The van der Waals surface area contributed by atoms with E-state index in [0.29, 0.717) is 12.4 Å². The summed E-state index contributed by atoms with van der Waals surface area (Å²) in [6.45, 7) is 2.54. The van der Waals surface area contributed by atoms with E-state index in [1.54, 1.807) is 24.3 Å². The number of anilines is 1. The van der Waals surface area contributed by atoms with Crippen LogP contribution in [0.25, 0.3) is 22.2 Å². The van der Waals surface area contributed by atoms with Gasteiger partial charge in [0.05, 0.1) is 16.9 Å². The molecule has 8 nitrogen and oxygen atoms in total. The summed E-state index contributed by atoms with van der Waals surface area (Å²) in [5.74, 6) is 1.30. The molecule has 1 aliphatic rings. The minimum atomic E-state index is -3.79. The van der Waals surface area contributed by atoms with Gasteiger partial charge in [-0.1, -0.05) is 60.2 Å². The third-order valence-corrected chi connectivity index (χ3v) is 8.70. The van der Waals surface area contributed by atoms with Gasteiger partial charge in [0.15, 0.2) is 0 Å². The van der Waals surface area contributed by atoms with Crippen molar-refractivity contribution in [2.75, 3.05) is 12.3 Å². The summed E-state index contributed by atoms with van der Waals surface area (Å²) in [6.07, 6.45) is 5.09. The van der Waals surface area contributed by atoms with Crippen LogP contribution in [0.15, 0.2) is 96.3 Å². The topological polar surface area (TPSA) is 109 Å². The Morgan fingerprint density at radius 3 is 2.52 bits per heavy atom. The molecular formula is C31H30N4O4S. The number of nitrogens with zero attached hydrogens (tertiary/aromatic N) is 3. The summed E-state index contributed by atoms with van der Waals surface area (Å²) >= 11 is 0. The SMILES string of the molecule is Cc1ccc(S(=O)(=O)OCC2CC(n3cc(-c4cccc(OCc5ccccc5)c4)c4c(N)ncnc43)C2)cc1. The number of aryl methyl sites for hydroxylation is 1. The molecule has 6 rings (SSSR count). The Balaban J connectivity index is 1.18. The second-order valence-corrected chi connectivity index (χ2v) is 11.9. The van der Waals surface area contributed by atoms with Gasteiger partial charge >= 0.3 is 0 Å². The number of benzene rings is 3. The molecule has 40 heavy (non-hydrogen) atoms. The molecule has 3 aromatic carbocycles. The van der Waals surface area contributed by atoms with Crippen molar-refractivity contribution in [3.05, 3.63) is 103 Å². The number of rotatable bonds is 9. The van der Waals surface area contributed by atoms with Crippen molar-refractivity contribution < 1.29 is 17.3 Å². The number of nitrogen functional groups attached to an aromatic ring is 1. The minimum Gasteiger partial charge on any atom is -0.489 e. The van der Waals surface area contributed by atoms with Gasteiger partial charge in [-0.2, -0.15) is 8.42 Å². The molecule has 0 unspecified atom stereocenters. The molecule has 2 aromatic heterocycles. The molecule has 0 radical (unpaired) electrons. The zero-order valence-electron chi connectivity index (χ0n) is 22.1. The molecule has 0 aliphatic heterocycles. The Hall–Kier alpha value is -4.21. The second kappa shape index (κ2) is 10.7. The van der Waals surface area contributed by atoms with Gasteiger partial charge < -0.3 is 15.0 Å². The maximum absolute atomic E-state index is 12.6. The summed E-state index contributed by atoms with van der Waals surface area (Å²) < 4.78 is 38.8. The number of ether oxygens (including phenoxy) is 1. The van der Waals surface area contributed by atoms with Gasteiger partial charge in [0.25, 0.3) is 10.1 Å². The molecule has 5 aromatic rings. The van der Waals surface area contributed by atoms with Gasteiger partial charge in [0.1, 0.15) is 30.1 Å². The average Bonchev–Trinajstić information content (AvgIpc) is 3.33. The first-order valence-electron chi connectivity index (χ1n) is 13.2. The first kappa shape index (κ1) is 26.0. The fraction of sp³-hybridized carbons (Fsp3) is 0.226. The molecule has 0 atom stereocenters. The van der Waals surface area contributed by atoms with Gasteiger partial charge in [-0.15, -0.1) is 0 Å². The first-order chi connectivity index (χ1) is 19.4. The Morgan fingerprint density at radius 1 is 0.975 bits per heavy atom. The van der Waals surface area contributed by atoms with E-state index >= 15 is 0 Å². The Labute approximate surface area is 233 Å². The van der Waals surface area contributed by atoms with Crippen molar-refractivity contribution in [3.63, 3.8) is 0 Å². The van der Waals surface area contributed by atoms with Crippen molar-refractivity contribution in [1.29, 1.82) is 0 Å². The van der Waals surface area contributed by atoms with E-state index in [2.05, 4.69) is 20.7 Å². The highest BCUT2D eigenvalue weighted by Crippen LogP contribution is 2.43. The monoisotopic (exact) mass is 554 g/mol. The molecule has 204 valence electrons. The molecule has 1 aliphatic carbocycles. The molecule has 0 spiro atoms. The third kappa shape index (κ3) is 5.30. The largest absolute Gasteiger partial charge is 0.489 e. The number of hydrogen-bond donors (Lipinski definition) is 1. The lowest BCUT2D eigenvalue weighted by atomic mass is 9.81. The van der Waals surface area contributed by atoms with Crippen LogP contribution in [0.4, 0.5) is 5.82 Å². The minimum absolute atomic E-state index is 0.125. The number of nitrogens with two attached hydrogens (primary N) is 1. The van der Waals surface area contributed by atoms with E-state index in [1.165, 1.54) is 6.33 Å². The molecule has 0 bridgehead atoms. The lowest BCUT2D eigenvalue weighted by Gasteiger charge is -2.36. The van der Waals surface area contributed by atoms with Crippen LogP contribution in [0, 0.1) is 12.8 Å². The highest BCUT2D eigenvalue weighted by Gasteiger charge is 2.34. The van der Waals surface area contributed by atoms with Gasteiger partial charge in [-0.05, 0) is 61.1 Å². The van der Waals surface area contributed by atoms with E-state index in [1.807, 2.05) is 61.5 Å². The van der Waals surface area contributed by atoms with Crippen molar-refractivity contribution in [2.45, 2.75) is 37.3 Å². The average molecular weight is 555 g/mol. The summed E-state index contributed by atoms with van der Waals surface area (Å²) in [5.41, 5.74) is 11.1. The second-order valence-electron chi connectivity index (χ2n) is 10.3. The fourth-order valence-electron chi connectivity index (χ4n) is 5.12. The zero-order chi connectivity index (χ0) is 27.7. The van der Waals surface area contributed by atoms with Crippen LogP contribution in [-0.4, -0.2) is 29.6 Å². The lowest BCUT2D eigenvalue weighted by molar-refractivity contribution is 0.130. The molecule has 2 N–H and O–H groups in total. The smallest absolute Gasteiger partial charge is 0.296 e. The zero-order valence-corrected chi connectivity index (χ0v) is 22.9. The van der Waals surface area contributed by atoms with Crippen molar-refractivity contribution in [1.82, 2.24) is 14.5 Å². The van der Waals surface area contributed by atoms with Crippen molar-refractivity contribution in [3.8, 4) is 16.9 Å². The van der Waals surface area contributed by atoms with Crippen LogP contribution in [-0.2, 0) is 20.9 Å². The van der Waals surface area contributed by atoms with Crippen LogP contribution in [0.2, 0.25) is 0 Å². The van der Waals surface area contributed by atoms with Gasteiger partial charge in [-0.25, -0.2) is 9.97 Å². The van der Waals surface area contributed by atoms with Crippen LogP contribution in [0.3, 0.4) is 0 Å². The summed E-state index contributed by atoms with van der Waals surface area (Å²) in [7, 11) is -3.79. The summed E-state index contributed by atoms with van der Waals surface area (Å²) in [5, 5.41) is 0.796. The summed E-state index contributed by atoms with van der Waals surface area (Å²) in [4.78, 5) is 8.99. The number of aromatic nitrogens is 3. The van der Waals surface area contributed by atoms with E-state index in [-0.39, 0.29) is 23.5 Å². The third-order valence-electron chi connectivity index (χ3n) is 7.40. The van der Waals surface area contributed by atoms with Crippen LogP contribution >= 0.6 is 0 Å². The molecule has 9 heteroatoms. The Bertz CT molecular complexity index is 1750. The van der Waals surface area contributed by atoms with E-state index < -0.39 is 10.1 Å². The van der Waals surface area contributed by atoms with Crippen molar-refractivity contribution in [2.24, 2.45) is 5.92 Å². The molecule has 0 saturated heterocycles. The predicted molar refractivity (Wildman–Crippen MR) is 154 cm³/mol. The summed E-state index contributed by atoms with van der Waals surface area (Å²) in [6, 6.07) is 24.8. The molecular weight excluding hydrogens is 524 g/mol. The van der Waals surface area contributed by atoms with Gasteiger partial charge in [0, 0.05) is 17.8 Å². The first-order valence-corrected chi connectivity index (χ1v) is 14.6. The van der Waals surface area contributed by atoms with Crippen LogP contribution < -0.4 is 10.5 Å². The highest BCUT2D eigenvalue weighted by molar-refractivity contribution is 7.86. The van der Waals surface area contributed by atoms with E-state index in [9.17, 15) is 8.42 Å². The maximum atomic E-state index is 12.6. The highest BCUT2D eigenvalue weighted by atomic mass is 32.2. The van der Waals surface area contributed by atoms with Gasteiger partial charge in [-0.3, -0.25) is 4.18 Å². The quantitative estimate of drug-likeness (QED) is 0.225. The Kier molecular flexibility index (Phi) is 7.00. The lowest BCUT2D eigenvalue weighted by Crippen LogP contribution is -2.30. The molecule has 0 amide bonds. The number of fused-ring (bicyclic) bond motifs is 1.